The predicted molar refractivity (Wildman–Crippen MR) is 70.1 cm³/mol. The Morgan fingerprint density at radius 3 is 2.88 bits per heavy atom. The molecule has 0 radical (unpaired) electrons. The maximum absolute atomic E-state index is 6.05. The molecule has 0 bridgehead atoms. The van der Waals surface area contributed by atoms with Crippen molar-refractivity contribution in [2.75, 3.05) is 18.0 Å². The first-order valence-corrected chi connectivity index (χ1v) is 6.45. The number of aromatic nitrogens is 2. The third kappa shape index (κ3) is 2.75. The van der Waals surface area contributed by atoms with E-state index in [0.717, 1.165) is 43.3 Å². The average Bonchev–Trinajstić information content (AvgIpc) is 2.32. The van der Waals surface area contributed by atoms with Crippen molar-refractivity contribution in [3.8, 4) is 0 Å². The summed E-state index contributed by atoms with van der Waals surface area (Å²) < 4.78 is 0. The third-order valence-electron chi connectivity index (χ3n) is 3.54. The zero-order chi connectivity index (χ0) is 12.4. The van der Waals surface area contributed by atoms with Crippen LogP contribution < -0.4 is 10.6 Å². The molecule has 2 atom stereocenters. The Kier molecular flexibility index (Phi) is 3.62. The minimum absolute atomic E-state index is 0.333. The Morgan fingerprint density at radius 1 is 1.47 bits per heavy atom. The molecule has 4 nitrogen and oxygen atoms in total. The van der Waals surface area contributed by atoms with E-state index >= 15 is 0 Å². The second-order valence-corrected chi connectivity index (χ2v) is 4.99. The summed E-state index contributed by atoms with van der Waals surface area (Å²) in [7, 11) is 0. The fraction of sp³-hybridized carbons (Fsp3) is 0.692. The molecule has 1 saturated heterocycles. The van der Waals surface area contributed by atoms with Crippen LogP contribution in [0.5, 0.6) is 0 Å². The number of rotatable bonds is 2. The van der Waals surface area contributed by atoms with E-state index in [1.54, 1.807) is 0 Å². The fourth-order valence-corrected chi connectivity index (χ4v) is 2.33. The monoisotopic (exact) mass is 234 g/mol. The highest BCUT2D eigenvalue weighted by Gasteiger charge is 2.24. The highest BCUT2D eigenvalue weighted by atomic mass is 15.2. The molecule has 2 unspecified atom stereocenters. The van der Waals surface area contributed by atoms with Crippen molar-refractivity contribution < 1.29 is 0 Å². The van der Waals surface area contributed by atoms with E-state index in [2.05, 4.69) is 34.8 Å². The largest absolute Gasteiger partial charge is 0.356 e. The van der Waals surface area contributed by atoms with Gasteiger partial charge in [0.1, 0.15) is 11.6 Å². The SMILES string of the molecule is CCc1cc(N2CCC(N)C(C)C2)nc(C)n1. The van der Waals surface area contributed by atoms with E-state index in [-0.39, 0.29) is 0 Å². The maximum atomic E-state index is 6.05. The van der Waals surface area contributed by atoms with Gasteiger partial charge in [-0.05, 0) is 25.7 Å². The van der Waals surface area contributed by atoms with Crippen LogP contribution >= 0.6 is 0 Å². The summed E-state index contributed by atoms with van der Waals surface area (Å²) >= 11 is 0. The van der Waals surface area contributed by atoms with Crippen molar-refractivity contribution in [2.45, 2.75) is 39.7 Å². The van der Waals surface area contributed by atoms with Gasteiger partial charge in [-0.25, -0.2) is 9.97 Å². The predicted octanol–water partition coefficient (Wildman–Crippen LogP) is 1.52. The van der Waals surface area contributed by atoms with Gasteiger partial charge in [-0.3, -0.25) is 0 Å². The molecule has 0 aliphatic carbocycles. The molecule has 0 saturated carbocycles. The van der Waals surface area contributed by atoms with Crippen molar-refractivity contribution >= 4 is 5.82 Å². The first kappa shape index (κ1) is 12.3. The van der Waals surface area contributed by atoms with Crippen LogP contribution in [0.4, 0.5) is 5.82 Å². The van der Waals surface area contributed by atoms with Crippen molar-refractivity contribution in [1.82, 2.24) is 9.97 Å². The van der Waals surface area contributed by atoms with E-state index in [0.29, 0.717) is 12.0 Å². The molecule has 1 fully saturated rings. The van der Waals surface area contributed by atoms with Gasteiger partial charge in [0.2, 0.25) is 0 Å². The van der Waals surface area contributed by atoms with Gasteiger partial charge < -0.3 is 10.6 Å². The number of aryl methyl sites for hydroxylation is 2. The summed E-state index contributed by atoms with van der Waals surface area (Å²) in [4.78, 5) is 11.3. The van der Waals surface area contributed by atoms with Crippen LogP contribution in [0.25, 0.3) is 0 Å². The molecule has 1 aliphatic heterocycles. The average molecular weight is 234 g/mol. The van der Waals surface area contributed by atoms with Gasteiger partial charge in [0.15, 0.2) is 0 Å². The van der Waals surface area contributed by atoms with Crippen LogP contribution in [0.1, 0.15) is 31.8 Å². The normalized spacial score (nSPS) is 25.1. The molecule has 0 aromatic carbocycles. The fourth-order valence-electron chi connectivity index (χ4n) is 2.33. The second kappa shape index (κ2) is 5.00. The molecule has 4 heteroatoms. The van der Waals surface area contributed by atoms with Crippen LogP contribution in [-0.2, 0) is 6.42 Å². The van der Waals surface area contributed by atoms with Crippen LogP contribution in [-0.4, -0.2) is 29.1 Å². The van der Waals surface area contributed by atoms with Crippen LogP contribution in [0, 0.1) is 12.8 Å². The zero-order valence-electron chi connectivity index (χ0n) is 11.0. The number of hydrogen-bond acceptors (Lipinski definition) is 4. The summed E-state index contributed by atoms with van der Waals surface area (Å²) in [5.41, 5.74) is 7.17. The van der Waals surface area contributed by atoms with Gasteiger partial charge in [0.05, 0.1) is 0 Å². The maximum Gasteiger partial charge on any atom is 0.132 e. The van der Waals surface area contributed by atoms with Crippen molar-refractivity contribution in [3.05, 3.63) is 17.6 Å². The minimum atomic E-state index is 0.333. The Hall–Kier alpha value is -1.16. The molecule has 2 rings (SSSR count). The lowest BCUT2D eigenvalue weighted by atomic mass is 9.95. The Morgan fingerprint density at radius 2 is 2.24 bits per heavy atom. The van der Waals surface area contributed by atoms with Gasteiger partial charge in [0, 0.05) is 30.9 Å². The highest BCUT2D eigenvalue weighted by molar-refractivity contribution is 5.40. The second-order valence-electron chi connectivity index (χ2n) is 4.99. The first-order valence-electron chi connectivity index (χ1n) is 6.45. The van der Waals surface area contributed by atoms with Crippen molar-refractivity contribution in [1.29, 1.82) is 0 Å². The van der Waals surface area contributed by atoms with E-state index in [4.69, 9.17) is 5.73 Å². The summed E-state index contributed by atoms with van der Waals surface area (Å²) in [5, 5.41) is 0. The summed E-state index contributed by atoms with van der Waals surface area (Å²) in [6, 6.07) is 2.44. The van der Waals surface area contributed by atoms with Crippen molar-refractivity contribution in [2.24, 2.45) is 11.7 Å². The summed E-state index contributed by atoms with van der Waals surface area (Å²) in [6.45, 7) is 8.31. The number of piperidine rings is 1. The van der Waals surface area contributed by atoms with Gasteiger partial charge in [-0.2, -0.15) is 0 Å². The van der Waals surface area contributed by atoms with Crippen LogP contribution in [0.3, 0.4) is 0 Å². The third-order valence-corrected chi connectivity index (χ3v) is 3.54. The molecule has 0 amide bonds. The molecular weight excluding hydrogens is 212 g/mol. The Labute approximate surface area is 103 Å². The van der Waals surface area contributed by atoms with Crippen LogP contribution in [0.2, 0.25) is 0 Å². The van der Waals surface area contributed by atoms with E-state index in [1.165, 1.54) is 0 Å². The van der Waals surface area contributed by atoms with Gasteiger partial charge in [-0.1, -0.05) is 13.8 Å². The zero-order valence-corrected chi connectivity index (χ0v) is 11.0. The summed E-state index contributed by atoms with van der Waals surface area (Å²) in [6.07, 6.45) is 2.00. The topological polar surface area (TPSA) is 55.0 Å². The lowest BCUT2D eigenvalue weighted by Gasteiger charge is -2.36. The standard InChI is InChI=1S/C13H22N4/c1-4-11-7-13(16-10(3)15-11)17-6-5-12(14)9(2)8-17/h7,9,12H,4-6,8,14H2,1-3H3. The number of nitrogens with zero attached hydrogens (tertiary/aromatic N) is 3. The molecule has 2 N–H and O–H groups in total. The van der Waals surface area contributed by atoms with E-state index in [9.17, 15) is 0 Å². The molecule has 1 aromatic rings. The Balaban J connectivity index is 2.19. The number of anilines is 1. The quantitative estimate of drug-likeness (QED) is 0.843. The smallest absolute Gasteiger partial charge is 0.132 e. The van der Waals surface area contributed by atoms with Crippen LogP contribution in [0.15, 0.2) is 6.07 Å². The van der Waals surface area contributed by atoms with Gasteiger partial charge in [-0.15, -0.1) is 0 Å². The van der Waals surface area contributed by atoms with E-state index in [1.807, 2.05) is 6.92 Å². The molecule has 94 valence electrons. The lowest BCUT2D eigenvalue weighted by molar-refractivity contribution is 0.381. The summed E-state index contributed by atoms with van der Waals surface area (Å²) in [5.74, 6) is 2.46. The molecule has 17 heavy (non-hydrogen) atoms. The molecule has 2 heterocycles. The number of hydrogen-bond donors (Lipinski definition) is 1. The molecule has 0 spiro atoms. The molecular formula is C13H22N4. The van der Waals surface area contributed by atoms with Crippen molar-refractivity contribution in [3.63, 3.8) is 0 Å². The minimum Gasteiger partial charge on any atom is -0.356 e. The Bertz CT molecular complexity index is 391. The molecule has 1 aromatic heterocycles. The molecule has 1 aliphatic rings. The number of nitrogens with two attached hydrogens (primary N) is 1. The van der Waals surface area contributed by atoms with Gasteiger partial charge >= 0.3 is 0 Å². The first-order chi connectivity index (χ1) is 8.10. The van der Waals surface area contributed by atoms with E-state index < -0.39 is 0 Å². The highest BCUT2D eigenvalue weighted by Crippen LogP contribution is 2.21. The van der Waals surface area contributed by atoms with Gasteiger partial charge in [0.25, 0.3) is 0 Å². The lowest BCUT2D eigenvalue weighted by Crippen LogP contribution is -2.46.